The number of rotatable bonds is 6. The van der Waals surface area contributed by atoms with E-state index in [1.165, 1.54) is 0 Å². The van der Waals surface area contributed by atoms with Gasteiger partial charge in [0.1, 0.15) is 17.2 Å². The average molecular weight is 327 g/mol. The lowest BCUT2D eigenvalue weighted by Gasteiger charge is -2.24. The number of aliphatic carboxylic acids is 1. The molecule has 1 saturated heterocycles. The second-order valence-electron chi connectivity index (χ2n) is 5.73. The molecule has 1 fully saturated rings. The minimum Gasteiger partial charge on any atom is -0.480 e. The van der Waals surface area contributed by atoms with Crippen molar-refractivity contribution >= 4 is 17.3 Å². The van der Waals surface area contributed by atoms with E-state index in [-0.39, 0.29) is 6.10 Å². The van der Waals surface area contributed by atoms with Gasteiger partial charge in [-0.05, 0) is 26.8 Å². The molecule has 0 aromatic carbocycles. The zero-order chi connectivity index (χ0) is 16.1. The zero-order valence-corrected chi connectivity index (χ0v) is 14.3. The third-order valence-corrected chi connectivity index (χ3v) is 5.24. The summed E-state index contributed by atoms with van der Waals surface area (Å²) >= 11 is 1.63. The molecular weight excluding hydrogens is 302 g/mol. The van der Waals surface area contributed by atoms with E-state index in [1.54, 1.807) is 25.4 Å². The SMILES string of the molecule is COC(C)c1nc(CN2CCCN(C(C)C(=O)O)CC2)cs1. The fourth-order valence-electron chi connectivity index (χ4n) is 2.60. The highest BCUT2D eigenvalue weighted by Gasteiger charge is 2.23. The maximum absolute atomic E-state index is 11.1. The van der Waals surface area contributed by atoms with E-state index in [9.17, 15) is 4.79 Å². The van der Waals surface area contributed by atoms with Gasteiger partial charge in [0.2, 0.25) is 0 Å². The number of hydrogen-bond acceptors (Lipinski definition) is 6. The number of aromatic nitrogens is 1. The fraction of sp³-hybridized carbons (Fsp3) is 0.733. The van der Waals surface area contributed by atoms with Gasteiger partial charge in [-0.1, -0.05) is 0 Å². The molecule has 2 heterocycles. The molecule has 0 bridgehead atoms. The number of carboxylic acids is 1. The van der Waals surface area contributed by atoms with E-state index in [4.69, 9.17) is 9.84 Å². The van der Waals surface area contributed by atoms with Crippen molar-refractivity contribution in [2.45, 2.75) is 39.0 Å². The van der Waals surface area contributed by atoms with Crippen LogP contribution in [0.5, 0.6) is 0 Å². The van der Waals surface area contributed by atoms with Crippen molar-refractivity contribution in [3.8, 4) is 0 Å². The van der Waals surface area contributed by atoms with Crippen LogP contribution >= 0.6 is 11.3 Å². The molecule has 1 aromatic rings. The highest BCUT2D eigenvalue weighted by atomic mass is 32.1. The van der Waals surface area contributed by atoms with Crippen LogP contribution in [-0.2, 0) is 16.1 Å². The average Bonchev–Trinajstić information content (AvgIpc) is 2.84. The quantitative estimate of drug-likeness (QED) is 0.860. The van der Waals surface area contributed by atoms with Crippen LogP contribution in [0.15, 0.2) is 5.38 Å². The third-order valence-electron chi connectivity index (χ3n) is 4.18. The van der Waals surface area contributed by atoms with Crippen LogP contribution in [0.2, 0.25) is 0 Å². The van der Waals surface area contributed by atoms with Gasteiger partial charge in [0.05, 0.1) is 5.69 Å². The summed E-state index contributed by atoms with van der Waals surface area (Å²) in [6, 6.07) is -0.409. The third kappa shape index (κ3) is 4.49. The van der Waals surface area contributed by atoms with Crippen LogP contribution in [0.25, 0.3) is 0 Å². The molecular formula is C15H25N3O3S. The summed E-state index contributed by atoms with van der Waals surface area (Å²) in [5, 5.41) is 12.2. The molecule has 22 heavy (non-hydrogen) atoms. The van der Waals surface area contributed by atoms with E-state index < -0.39 is 12.0 Å². The normalized spacial score (nSPS) is 20.5. The first-order valence-electron chi connectivity index (χ1n) is 7.67. The van der Waals surface area contributed by atoms with Crippen molar-refractivity contribution in [2.24, 2.45) is 0 Å². The van der Waals surface area contributed by atoms with E-state index in [1.807, 2.05) is 11.8 Å². The Morgan fingerprint density at radius 1 is 1.41 bits per heavy atom. The van der Waals surface area contributed by atoms with Gasteiger partial charge in [-0.25, -0.2) is 4.98 Å². The van der Waals surface area contributed by atoms with E-state index in [0.29, 0.717) is 0 Å². The lowest BCUT2D eigenvalue weighted by molar-refractivity contribution is -0.142. The Kier molecular flexibility index (Phi) is 6.31. The minimum atomic E-state index is -0.744. The first kappa shape index (κ1) is 17.3. The Hall–Kier alpha value is -1.02. The molecule has 0 saturated carbocycles. The van der Waals surface area contributed by atoms with Gasteiger partial charge in [-0.2, -0.15) is 0 Å². The van der Waals surface area contributed by atoms with Gasteiger partial charge in [0, 0.05) is 38.7 Å². The highest BCUT2D eigenvalue weighted by molar-refractivity contribution is 7.09. The van der Waals surface area contributed by atoms with Crippen molar-refractivity contribution in [2.75, 3.05) is 33.3 Å². The lowest BCUT2D eigenvalue weighted by atomic mass is 10.2. The van der Waals surface area contributed by atoms with Crippen molar-refractivity contribution < 1.29 is 14.6 Å². The molecule has 0 amide bonds. The highest BCUT2D eigenvalue weighted by Crippen LogP contribution is 2.21. The van der Waals surface area contributed by atoms with Gasteiger partial charge in [-0.3, -0.25) is 14.6 Å². The summed E-state index contributed by atoms with van der Waals surface area (Å²) in [6.45, 7) is 8.07. The molecule has 0 aliphatic carbocycles. The Labute approximate surface area is 135 Å². The monoisotopic (exact) mass is 327 g/mol. The number of carbonyl (C=O) groups is 1. The Balaban J connectivity index is 1.89. The number of thiazole rings is 1. The topological polar surface area (TPSA) is 65.9 Å². The van der Waals surface area contributed by atoms with Crippen LogP contribution in [0, 0.1) is 0 Å². The van der Waals surface area contributed by atoms with Gasteiger partial charge >= 0.3 is 5.97 Å². The molecule has 7 heteroatoms. The fourth-order valence-corrected chi connectivity index (χ4v) is 3.45. The molecule has 0 radical (unpaired) electrons. The van der Waals surface area contributed by atoms with Crippen molar-refractivity contribution in [3.05, 3.63) is 16.1 Å². The zero-order valence-electron chi connectivity index (χ0n) is 13.5. The van der Waals surface area contributed by atoms with Crippen LogP contribution in [0.1, 0.15) is 37.1 Å². The Morgan fingerprint density at radius 3 is 2.86 bits per heavy atom. The molecule has 2 atom stereocenters. The van der Waals surface area contributed by atoms with Gasteiger partial charge < -0.3 is 9.84 Å². The second kappa shape index (κ2) is 8.01. The Bertz CT molecular complexity index is 494. The number of methoxy groups -OCH3 is 1. The number of ether oxygens (including phenoxy) is 1. The van der Waals surface area contributed by atoms with E-state index in [0.717, 1.165) is 49.8 Å². The predicted molar refractivity (Wildman–Crippen MR) is 86.1 cm³/mol. The molecule has 6 nitrogen and oxygen atoms in total. The van der Waals surface area contributed by atoms with Crippen LogP contribution in [0.4, 0.5) is 0 Å². The molecule has 0 spiro atoms. The molecule has 1 aliphatic rings. The van der Waals surface area contributed by atoms with Gasteiger partial charge in [0.15, 0.2) is 0 Å². The first-order chi connectivity index (χ1) is 10.5. The largest absolute Gasteiger partial charge is 0.480 e. The smallest absolute Gasteiger partial charge is 0.320 e. The molecule has 124 valence electrons. The maximum Gasteiger partial charge on any atom is 0.320 e. The summed E-state index contributed by atoms with van der Waals surface area (Å²) in [6.07, 6.45) is 1.03. The number of carboxylic acid groups (broad SMARTS) is 1. The van der Waals surface area contributed by atoms with Crippen molar-refractivity contribution in [1.82, 2.24) is 14.8 Å². The van der Waals surface area contributed by atoms with Crippen molar-refractivity contribution in [3.63, 3.8) is 0 Å². The first-order valence-corrected chi connectivity index (χ1v) is 8.55. The van der Waals surface area contributed by atoms with Crippen LogP contribution in [-0.4, -0.2) is 65.2 Å². The predicted octanol–water partition coefficient (Wildman–Crippen LogP) is 1.83. The summed E-state index contributed by atoms with van der Waals surface area (Å²) in [5.41, 5.74) is 1.07. The number of hydrogen-bond donors (Lipinski definition) is 1. The lowest BCUT2D eigenvalue weighted by Crippen LogP contribution is -2.41. The maximum atomic E-state index is 11.1. The number of nitrogens with zero attached hydrogens (tertiary/aromatic N) is 3. The van der Waals surface area contributed by atoms with Gasteiger partial charge in [-0.15, -0.1) is 11.3 Å². The van der Waals surface area contributed by atoms with Crippen LogP contribution in [0.3, 0.4) is 0 Å². The summed E-state index contributed by atoms with van der Waals surface area (Å²) in [7, 11) is 1.69. The Morgan fingerprint density at radius 2 is 2.18 bits per heavy atom. The van der Waals surface area contributed by atoms with Crippen LogP contribution < -0.4 is 0 Å². The summed E-state index contributed by atoms with van der Waals surface area (Å²) in [5.74, 6) is -0.744. The standard InChI is InChI=1S/C15H25N3O3S/c1-11(15(19)20)18-6-4-5-17(7-8-18)9-13-10-22-14(16-13)12(2)21-3/h10-12H,4-9H2,1-3H3,(H,19,20). The van der Waals surface area contributed by atoms with Crippen molar-refractivity contribution in [1.29, 1.82) is 0 Å². The van der Waals surface area contributed by atoms with Gasteiger partial charge in [0.25, 0.3) is 0 Å². The molecule has 1 aliphatic heterocycles. The summed E-state index contributed by atoms with van der Waals surface area (Å²) < 4.78 is 5.29. The molecule has 2 rings (SSSR count). The molecule has 1 N–H and O–H groups in total. The second-order valence-corrected chi connectivity index (χ2v) is 6.62. The molecule has 1 aromatic heterocycles. The minimum absolute atomic E-state index is 0.0368. The molecule has 2 unspecified atom stereocenters. The van der Waals surface area contributed by atoms with E-state index in [2.05, 4.69) is 15.3 Å². The van der Waals surface area contributed by atoms with E-state index >= 15 is 0 Å². The summed E-state index contributed by atoms with van der Waals surface area (Å²) in [4.78, 5) is 20.1.